The van der Waals surface area contributed by atoms with Crippen LogP contribution in [0.15, 0.2) is 52.2 Å². The van der Waals surface area contributed by atoms with Crippen LogP contribution in [0.1, 0.15) is 26.7 Å². The van der Waals surface area contributed by atoms with Crippen LogP contribution < -0.4 is 0 Å². The number of rotatable bonds is 4. The second-order valence-electron chi connectivity index (χ2n) is 5.07. The number of hydrogen-bond acceptors (Lipinski definition) is 5. The van der Waals surface area contributed by atoms with Gasteiger partial charge in [-0.05, 0) is 30.5 Å². The fourth-order valence-corrected chi connectivity index (χ4v) is 2.36. The number of aliphatic hydroxyl groups excluding tert-OH is 1. The van der Waals surface area contributed by atoms with Crippen molar-refractivity contribution < 1.29 is 15.3 Å². The Morgan fingerprint density at radius 2 is 2.00 bits per heavy atom. The van der Waals surface area contributed by atoms with E-state index in [-0.39, 0.29) is 17.2 Å². The zero-order chi connectivity index (χ0) is 15.5. The maximum Gasteiger partial charge on any atom is 0.143 e. The zero-order valence-electron chi connectivity index (χ0n) is 12.2. The Kier molecular flexibility index (Phi) is 4.43. The third kappa shape index (κ3) is 2.97. The molecule has 2 atom stereocenters. The number of aromatic hydroxyl groups is 2. The molecule has 0 fully saturated rings. The van der Waals surface area contributed by atoms with Crippen LogP contribution in [0.25, 0.3) is 0 Å². The number of benzene rings is 1. The van der Waals surface area contributed by atoms with Crippen molar-refractivity contribution in [3.05, 3.63) is 42.0 Å². The number of nitrogens with zero attached hydrogens (tertiary/aromatic N) is 2. The third-order valence-electron chi connectivity index (χ3n) is 3.80. The molecule has 3 N–H and O–H groups in total. The minimum atomic E-state index is -0.835. The van der Waals surface area contributed by atoms with Crippen LogP contribution >= 0.6 is 0 Å². The average Bonchev–Trinajstić information content (AvgIpc) is 2.49. The molecule has 0 saturated heterocycles. The van der Waals surface area contributed by atoms with Gasteiger partial charge >= 0.3 is 0 Å². The van der Waals surface area contributed by atoms with Gasteiger partial charge in [0, 0.05) is 6.07 Å². The first-order valence-corrected chi connectivity index (χ1v) is 7.03. The van der Waals surface area contributed by atoms with E-state index in [0.717, 1.165) is 12.0 Å². The molecule has 0 radical (unpaired) electrons. The first-order valence-electron chi connectivity index (χ1n) is 7.03. The van der Waals surface area contributed by atoms with Crippen LogP contribution in [0.3, 0.4) is 0 Å². The maximum absolute atomic E-state index is 10.5. The second kappa shape index (κ2) is 6.10. The van der Waals surface area contributed by atoms with E-state index in [9.17, 15) is 15.3 Å². The molecule has 21 heavy (non-hydrogen) atoms. The summed E-state index contributed by atoms with van der Waals surface area (Å²) in [4.78, 5) is 0. The molecular weight excluding hydrogens is 268 g/mol. The van der Waals surface area contributed by atoms with E-state index in [0.29, 0.717) is 6.42 Å². The van der Waals surface area contributed by atoms with Gasteiger partial charge in [0.25, 0.3) is 0 Å². The van der Waals surface area contributed by atoms with Crippen molar-refractivity contribution in [2.45, 2.75) is 38.3 Å². The normalized spacial score (nSPS) is 25.3. The number of hydrogen-bond donors (Lipinski definition) is 3. The van der Waals surface area contributed by atoms with Crippen LogP contribution in [0, 0.1) is 0 Å². The van der Waals surface area contributed by atoms with Crippen LogP contribution in [0.2, 0.25) is 0 Å². The molecule has 5 heteroatoms. The number of azo groups is 1. The topological polar surface area (TPSA) is 85.4 Å². The van der Waals surface area contributed by atoms with Crippen LogP contribution in [-0.2, 0) is 0 Å². The quantitative estimate of drug-likeness (QED) is 0.584. The molecule has 0 aliphatic heterocycles. The van der Waals surface area contributed by atoms with Gasteiger partial charge in [0.1, 0.15) is 28.8 Å². The van der Waals surface area contributed by atoms with Crippen molar-refractivity contribution in [1.29, 1.82) is 0 Å². The van der Waals surface area contributed by atoms with Crippen molar-refractivity contribution in [2.75, 3.05) is 0 Å². The number of allylic oxidation sites excluding steroid dienone is 2. The summed E-state index contributed by atoms with van der Waals surface area (Å²) in [7, 11) is 0. The van der Waals surface area contributed by atoms with Gasteiger partial charge in [-0.3, -0.25) is 0 Å². The smallest absolute Gasteiger partial charge is 0.143 e. The molecule has 1 aliphatic carbocycles. The van der Waals surface area contributed by atoms with Crippen molar-refractivity contribution >= 4 is 5.69 Å². The van der Waals surface area contributed by atoms with Crippen molar-refractivity contribution in [3.63, 3.8) is 0 Å². The molecule has 0 saturated carbocycles. The highest BCUT2D eigenvalue weighted by Crippen LogP contribution is 2.36. The summed E-state index contributed by atoms with van der Waals surface area (Å²) in [6.45, 7) is 3.90. The lowest BCUT2D eigenvalue weighted by atomic mass is 9.81. The van der Waals surface area contributed by atoms with Crippen molar-refractivity contribution in [2.24, 2.45) is 10.2 Å². The third-order valence-corrected chi connectivity index (χ3v) is 3.80. The Morgan fingerprint density at radius 3 is 2.67 bits per heavy atom. The summed E-state index contributed by atoms with van der Waals surface area (Å²) in [5.74, 6) is -0.0653. The van der Waals surface area contributed by atoms with E-state index in [1.54, 1.807) is 0 Å². The molecule has 1 aromatic carbocycles. The largest absolute Gasteiger partial charge is 0.508 e. The molecule has 112 valence electrons. The summed E-state index contributed by atoms with van der Waals surface area (Å²) >= 11 is 0. The predicted molar refractivity (Wildman–Crippen MR) is 80.8 cm³/mol. The van der Waals surface area contributed by atoms with Crippen LogP contribution in [-0.4, -0.2) is 27.0 Å². The Hall–Kier alpha value is -2.14. The van der Waals surface area contributed by atoms with Gasteiger partial charge in [0.2, 0.25) is 0 Å². The van der Waals surface area contributed by atoms with E-state index in [4.69, 9.17) is 0 Å². The molecule has 2 rings (SSSR count). The zero-order valence-corrected chi connectivity index (χ0v) is 12.2. The highest BCUT2D eigenvalue weighted by molar-refractivity contribution is 5.54. The Labute approximate surface area is 124 Å². The molecule has 0 amide bonds. The van der Waals surface area contributed by atoms with Gasteiger partial charge in [0.15, 0.2) is 0 Å². The van der Waals surface area contributed by atoms with Gasteiger partial charge < -0.3 is 15.3 Å². The Bertz CT molecular complexity index is 608. The van der Waals surface area contributed by atoms with E-state index in [1.807, 2.05) is 32.1 Å². The second-order valence-corrected chi connectivity index (χ2v) is 5.07. The minimum Gasteiger partial charge on any atom is -0.508 e. The van der Waals surface area contributed by atoms with Crippen molar-refractivity contribution in [3.8, 4) is 11.5 Å². The fourth-order valence-electron chi connectivity index (χ4n) is 2.36. The van der Waals surface area contributed by atoms with Gasteiger partial charge in [-0.2, -0.15) is 10.2 Å². The molecule has 1 aliphatic rings. The lowest BCUT2D eigenvalue weighted by Gasteiger charge is -2.33. The average molecular weight is 288 g/mol. The highest BCUT2D eigenvalue weighted by atomic mass is 16.3. The molecule has 0 bridgehead atoms. The maximum atomic E-state index is 10.5. The Morgan fingerprint density at radius 1 is 1.24 bits per heavy atom. The summed E-state index contributed by atoms with van der Waals surface area (Å²) in [5.41, 5.74) is 0.243. The van der Waals surface area contributed by atoms with Gasteiger partial charge in [-0.25, -0.2) is 0 Å². The highest BCUT2D eigenvalue weighted by Gasteiger charge is 2.37. The number of aliphatic hydroxyl groups is 1. The van der Waals surface area contributed by atoms with Gasteiger partial charge in [0.05, 0.1) is 0 Å². The summed E-state index contributed by atoms with van der Waals surface area (Å²) in [6.07, 6.45) is 6.16. The Balaban J connectivity index is 2.35. The first-order chi connectivity index (χ1) is 10.0. The molecule has 0 heterocycles. The molecule has 2 unspecified atom stereocenters. The van der Waals surface area contributed by atoms with E-state index in [1.165, 1.54) is 18.2 Å². The standard InChI is InChI=1S/C16H20N2O3/c1-3-11-6-5-9-16(4-2,15(11)21)18-17-13-10-12(19)7-8-14(13)20/h5-10,15,19-21H,3-4H2,1-2H3. The molecule has 5 nitrogen and oxygen atoms in total. The van der Waals surface area contributed by atoms with Crippen molar-refractivity contribution in [1.82, 2.24) is 0 Å². The molecular formula is C16H20N2O3. The van der Waals surface area contributed by atoms with E-state index in [2.05, 4.69) is 10.2 Å². The fraction of sp³-hybridized carbons (Fsp3) is 0.375. The number of phenols is 2. The molecule has 1 aromatic rings. The summed E-state index contributed by atoms with van der Waals surface area (Å²) < 4.78 is 0. The number of phenolic OH excluding ortho intramolecular Hbond substituents is 2. The van der Waals surface area contributed by atoms with E-state index < -0.39 is 11.6 Å². The minimum absolute atomic E-state index is 0.00109. The summed E-state index contributed by atoms with van der Waals surface area (Å²) in [5, 5.41) is 38.0. The summed E-state index contributed by atoms with van der Waals surface area (Å²) in [6, 6.07) is 4.06. The lowest BCUT2D eigenvalue weighted by Crippen LogP contribution is -2.40. The van der Waals surface area contributed by atoms with Gasteiger partial charge in [-0.15, -0.1) is 0 Å². The van der Waals surface area contributed by atoms with E-state index >= 15 is 0 Å². The van der Waals surface area contributed by atoms with Crippen LogP contribution in [0.5, 0.6) is 11.5 Å². The molecule has 0 spiro atoms. The first kappa shape index (κ1) is 15.3. The predicted octanol–water partition coefficient (Wildman–Crippen LogP) is 3.60. The lowest BCUT2D eigenvalue weighted by molar-refractivity contribution is 0.132. The monoisotopic (exact) mass is 288 g/mol. The van der Waals surface area contributed by atoms with Crippen LogP contribution in [0.4, 0.5) is 5.69 Å². The SMILES string of the molecule is CCC1=CC=CC(CC)(N=Nc2cc(O)ccc2O)C1O. The van der Waals surface area contributed by atoms with Gasteiger partial charge in [-0.1, -0.05) is 32.1 Å². The molecule has 0 aromatic heterocycles.